The zero-order valence-electron chi connectivity index (χ0n) is 28.4. The predicted octanol–water partition coefficient (Wildman–Crippen LogP) is 11.3. The zero-order chi connectivity index (χ0) is 33.5. The number of hydrogen-bond acceptors (Lipinski definition) is 3. The lowest BCUT2D eigenvalue weighted by molar-refractivity contribution is 0.156. The molecule has 1 spiro atoms. The first kappa shape index (κ1) is 30.3. The van der Waals surface area contributed by atoms with Gasteiger partial charge in [-0.2, -0.15) is 0 Å². The third kappa shape index (κ3) is 4.45. The lowest BCUT2D eigenvalue weighted by Crippen LogP contribution is -2.58. The highest BCUT2D eigenvalue weighted by atomic mass is 32.2. The van der Waals surface area contributed by atoms with E-state index in [0.717, 1.165) is 19.3 Å². The largest absolute Gasteiger partial charge is 0.361 e. The van der Waals surface area contributed by atoms with Crippen molar-refractivity contribution in [2.45, 2.75) is 46.1 Å². The Balaban J connectivity index is 1.09. The van der Waals surface area contributed by atoms with Gasteiger partial charge >= 0.3 is 0 Å². The topological polar surface area (TPSA) is 19.0 Å². The number of nitrogens with one attached hydrogen (secondary N) is 1. The summed E-state index contributed by atoms with van der Waals surface area (Å²) in [6.07, 6.45) is 39.9. The van der Waals surface area contributed by atoms with Gasteiger partial charge in [-0.3, -0.25) is 0 Å². The lowest BCUT2D eigenvalue weighted by atomic mass is 9.51. The molecule has 2 aromatic carbocycles. The minimum absolute atomic E-state index is 0.0794. The number of aromatic amines is 1. The molecule has 2 nitrogen and oxygen atoms in total. The Hall–Kier alpha value is -4.38. The average molecular weight is 697 g/mol. The van der Waals surface area contributed by atoms with Crippen LogP contribution >= 0.6 is 23.5 Å². The highest BCUT2D eigenvalue weighted by molar-refractivity contribution is 8.03. The monoisotopic (exact) mass is 696 g/mol. The summed E-state index contributed by atoms with van der Waals surface area (Å²) in [5, 5.41) is 0.761. The first-order valence-electron chi connectivity index (χ1n) is 18.7. The molecule has 8 unspecified atom stereocenters. The molecule has 0 radical (unpaired) electrons. The zero-order valence-corrected chi connectivity index (χ0v) is 30.1. The van der Waals surface area contributed by atoms with Gasteiger partial charge in [0.15, 0.2) is 0 Å². The van der Waals surface area contributed by atoms with Crippen LogP contribution in [-0.2, 0) is 5.41 Å². The second-order valence-electron chi connectivity index (χ2n) is 15.0. The fourth-order valence-corrected chi connectivity index (χ4v) is 13.8. The van der Waals surface area contributed by atoms with Crippen LogP contribution in [0.2, 0.25) is 0 Å². The number of allylic oxidation sites excluding steroid dienone is 13. The van der Waals surface area contributed by atoms with Gasteiger partial charge < -0.3 is 9.88 Å². The number of aromatic nitrogens is 1. The van der Waals surface area contributed by atoms with Crippen LogP contribution in [0.5, 0.6) is 0 Å². The fraction of sp³-hybridized carbons (Fsp3) is 0.234. The Kier molecular flexibility index (Phi) is 7.02. The van der Waals surface area contributed by atoms with E-state index in [1.165, 1.54) is 43.6 Å². The van der Waals surface area contributed by atoms with Crippen LogP contribution in [0.25, 0.3) is 5.57 Å². The molecular weight excluding hydrogens is 657 g/mol. The van der Waals surface area contributed by atoms with E-state index in [1.54, 1.807) is 11.1 Å². The molecule has 51 heavy (non-hydrogen) atoms. The van der Waals surface area contributed by atoms with Crippen molar-refractivity contribution in [1.29, 1.82) is 0 Å². The normalized spacial score (nSPS) is 33.7. The van der Waals surface area contributed by atoms with E-state index < -0.39 is 0 Å². The summed E-state index contributed by atoms with van der Waals surface area (Å²) in [6, 6.07) is 25.2. The number of anilines is 1. The van der Waals surface area contributed by atoms with E-state index in [9.17, 15) is 0 Å². The quantitative estimate of drug-likeness (QED) is 0.294. The molecule has 0 saturated carbocycles. The smallest absolute Gasteiger partial charge is 0.0626 e. The molecule has 8 atom stereocenters. The third-order valence-corrected chi connectivity index (χ3v) is 15.4. The molecule has 250 valence electrons. The van der Waals surface area contributed by atoms with Crippen LogP contribution in [0, 0.1) is 23.7 Å². The second kappa shape index (κ2) is 11.8. The number of para-hydroxylation sites is 1. The number of hydrogen-bond donors (Lipinski definition) is 1. The summed E-state index contributed by atoms with van der Waals surface area (Å²) >= 11 is 4.20. The van der Waals surface area contributed by atoms with Gasteiger partial charge in [0, 0.05) is 73.3 Å². The van der Waals surface area contributed by atoms with E-state index in [-0.39, 0.29) is 5.41 Å². The van der Waals surface area contributed by atoms with Crippen molar-refractivity contribution >= 4 is 34.8 Å². The van der Waals surface area contributed by atoms with E-state index in [2.05, 4.69) is 173 Å². The maximum absolute atomic E-state index is 3.49. The number of rotatable bonds is 3. The van der Waals surface area contributed by atoms with Gasteiger partial charge in [0.1, 0.15) is 0 Å². The van der Waals surface area contributed by atoms with Gasteiger partial charge in [0.25, 0.3) is 0 Å². The van der Waals surface area contributed by atoms with Crippen molar-refractivity contribution in [1.82, 2.24) is 4.98 Å². The van der Waals surface area contributed by atoms with Crippen molar-refractivity contribution in [2.24, 2.45) is 23.7 Å². The lowest BCUT2D eigenvalue weighted by Gasteiger charge is -2.61. The Morgan fingerprint density at radius 2 is 1.67 bits per heavy atom. The van der Waals surface area contributed by atoms with Gasteiger partial charge in [0.05, 0.1) is 6.04 Å². The molecule has 1 aromatic heterocycles. The molecular formula is C47H40N2S2. The summed E-state index contributed by atoms with van der Waals surface area (Å²) in [5.41, 5.74) is 11.2. The number of fused-ring (bicyclic) bond motifs is 10. The summed E-state index contributed by atoms with van der Waals surface area (Å²) < 4.78 is 0. The molecule has 3 aromatic rings. The third-order valence-electron chi connectivity index (χ3n) is 12.7. The molecule has 4 heteroatoms. The molecule has 3 aliphatic heterocycles. The van der Waals surface area contributed by atoms with E-state index in [0.29, 0.717) is 40.2 Å². The van der Waals surface area contributed by atoms with Crippen LogP contribution in [0.1, 0.15) is 30.5 Å². The maximum Gasteiger partial charge on any atom is 0.0626 e. The highest BCUT2D eigenvalue weighted by Crippen LogP contribution is 2.67. The number of H-pyrrole nitrogens is 1. The summed E-state index contributed by atoms with van der Waals surface area (Å²) in [4.78, 5) is 9.12. The average Bonchev–Trinajstić information content (AvgIpc) is 3.85. The van der Waals surface area contributed by atoms with Crippen LogP contribution < -0.4 is 4.90 Å². The highest BCUT2D eigenvalue weighted by Gasteiger charge is 2.61. The van der Waals surface area contributed by atoms with Crippen molar-refractivity contribution in [3.8, 4) is 0 Å². The Morgan fingerprint density at radius 1 is 0.784 bits per heavy atom. The van der Waals surface area contributed by atoms with E-state index in [1.807, 2.05) is 18.0 Å². The first-order valence-corrected chi connectivity index (χ1v) is 20.4. The van der Waals surface area contributed by atoms with Crippen molar-refractivity contribution in [3.63, 3.8) is 0 Å². The SMILES string of the molecule is C1=CCC2C(=C1)Sc1ccccc1C21C2C=CC(c3ccc[nH]3)=CC2SC2C=CC(C3=CCCC4=C3N(c3ccccc3)C3C=CC=CC43)=CC21. The molecule has 4 heterocycles. The molecule has 11 rings (SSSR count). The minimum Gasteiger partial charge on any atom is -0.361 e. The summed E-state index contributed by atoms with van der Waals surface area (Å²) in [5.74, 6) is 1.56. The van der Waals surface area contributed by atoms with Crippen molar-refractivity contribution in [2.75, 3.05) is 4.90 Å². The van der Waals surface area contributed by atoms with Gasteiger partial charge in [-0.15, -0.1) is 11.8 Å². The van der Waals surface area contributed by atoms with Crippen molar-refractivity contribution < 1.29 is 0 Å². The van der Waals surface area contributed by atoms with Gasteiger partial charge in [-0.05, 0) is 76.8 Å². The molecule has 1 N–H and O–H groups in total. The first-order chi connectivity index (χ1) is 25.3. The number of nitrogens with zero attached hydrogens (tertiary/aromatic N) is 1. The second-order valence-corrected chi connectivity index (χ2v) is 17.5. The minimum atomic E-state index is -0.0794. The molecule has 8 aliphatic rings. The Labute approximate surface area is 309 Å². The van der Waals surface area contributed by atoms with Gasteiger partial charge in [0.2, 0.25) is 0 Å². The number of thioether (sulfide) groups is 2. The summed E-state index contributed by atoms with van der Waals surface area (Å²) in [7, 11) is 0. The molecule has 1 saturated heterocycles. The Morgan fingerprint density at radius 3 is 2.59 bits per heavy atom. The maximum atomic E-state index is 3.49. The van der Waals surface area contributed by atoms with E-state index >= 15 is 0 Å². The molecule has 5 aliphatic carbocycles. The molecule has 0 amide bonds. The number of benzene rings is 2. The fourth-order valence-electron chi connectivity index (χ4n) is 10.7. The van der Waals surface area contributed by atoms with Gasteiger partial charge in [-0.25, -0.2) is 0 Å². The molecule has 0 bridgehead atoms. The van der Waals surface area contributed by atoms with Crippen LogP contribution in [0.4, 0.5) is 5.69 Å². The van der Waals surface area contributed by atoms with Crippen LogP contribution in [0.15, 0.2) is 190 Å². The van der Waals surface area contributed by atoms with Gasteiger partial charge in [-0.1, -0.05) is 133 Å². The summed E-state index contributed by atoms with van der Waals surface area (Å²) in [6.45, 7) is 0. The predicted molar refractivity (Wildman–Crippen MR) is 215 cm³/mol. The van der Waals surface area contributed by atoms with Crippen LogP contribution in [-0.4, -0.2) is 21.5 Å². The standard InChI is InChI=1S/C47H40N2S2/c1-2-12-32(13-3-1)49-41-20-7-4-14-34(41)35-16-10-15-33(46(35)49)30-24-26-44-39(28-30)47(38-25-23-31(29-45(38)51-44)40-19-11-27-48-40)36-17-5-8-21-42(36)50-43-22-9-6-18-37(43)47/h1-9,11-15,17,19-29,34,37-39,41,44-45,48H,10,16,18H2. The van der Waals surface area contributed by atoms with Crippen LogP contribution in [0.3, 0.4) is 0 Å². The molecule has 1 fully saturated rings. The van der Waals surface area contributed by atoms with E-state index in [4.69, 9.17) is 0 Å². The van der Waals surface area contributed by atoms with Crippen molar-refractivity contribution in [3.05, 3.63) is 197 Å². The Bertz CT molecular complexity index is 2240.